The minimum atomic E-state index is -2.46. The van der Waals surface area contributed by atoms with E-state index in [4.69, 9.17) is 0 Å². The van der Waals surface area contributed by atoms with Gasteiger partial charge in [-0.3, -0.25) is 0 Å². The van der Waals surface area contributed by atoms with Crippen molar-refractivity contribution in [1.29, 1.82) is 0 Å². The molecule has 1 N–H and O–H groups in total. The summed E-state index contributed by atoms with van der Waals surface area (Å²) in [4.78, 5) is 0. The molecule has 1 nitrogen and oxygen atoms in total. The Morgan fingerprint density at radius 1 is 1.03 bits per heavy atom. The van der Waals surface area contributed by atoms with Crippen LogP contribution in [0.15, 0.2) is 22.8 Å². The minimum absolute atomic E-state index is 0.185. The maximum absolute atomic E-state index is 14.1. The fourth-order valence-electron chi connectivity index (χ4n) is 9.95. The maximum Gasteiger partial charge on any atom is 0.243 e. The molecule has 4 aliphatic carbocycles. The molecule has 0 amide bonds. The van der Waals surface area contributed by atoms with E-state index < -0.39 is 23.9 Å². The highest BCUT2D eigenvalue weighted by atomic mass is 19.3. The third kappa shape index (κ3) is 3.69. The van der Waals surface area contributed by atoms with Gasteiger partial charge in [0.15, 0.2) is 0 Å². The Bertz CT molecular complexity index is 851. The van der Waals surface area contributed by atoms with Crippen LogP contribution in [0.2, 0.25) is 0 Å². The molecule has 0 heterocycles. The van der Waals surface area contributed by atoms with Gasteiger partial charge in [-0.05, 0) is 111 Å². The van der Waals surface area contributed by atoms with Crippen molar-refractivity contribution in [3.63, 3.8) is 0 Å². The van der Waals surface area contributed by atoms with Crippen LogP contribution >= 0.6 is 0 Å². The average Bonchev–Trinajstić information content (AvgIpc) is 3.02. The number of fused-ring (bicyclic) bond motifs is 4. The molecule has 0 radical (unpaired) electrons. The first-order chi connectivity index (χ1) is 15.7. The molecule has 0 aromatic rings. The third-order valence-corrected chi connectivity index (χ3v) is 12.0. The molecule has 0 aromatic carbocycles. The molecule has 2 saturated carbocycles. The molecule has 194 valence electrons. The second-order valence-corrected chi connectivity index (χ2v) is 14.2. The van der Waals surface area contributed by atoms with Crippen molar-refractivity contribution in [2.75, 3.05) is 0 Å². The second-order valence-electron chi connectivity index (χ2n) is 14.2. The van der Waals surface area contributed by atoms with Gasteiger partial charge in [-0.15, -0.1) is 0 Å². The molecule has 3 heteroatoms. The van der Waals surface area contributed by atoms with Gasteiger partial charge in [0.1, 0.15) is 0 Å². The van der Waals surface area contributed by atoms with Gasteiger partial charge in [-0.25, -0.2) is 8.78 Å². The van der Waals surface area contributed by atoms with E-state index >= 15 is 0 Å². The molecule has 8 atom stereocenters. The summed E-state index contributed by atoms with van der Waals surface area (Å²) in [5.74, 6) is 0.803. The minimum Gasteiger partial charge on any atom is -0.392 e. The highest BCUT2D eigenvalue weighted by Crippen LogP contribution is 2.73. The van der Waals surface area contributed by atoms with Crippen LogP contribution < -0.4 is 0 Å². The lowest BCUT2D eigenvalue weighted by Gasteiger charge is -2.63. The number of alkyl halides is 2. The molecular formula is C31H50F2O. The molecule has 0 aromatic heterocycles. The lowest BCUT2D eigenvalue weighted by molar-refractivity contribution is -0.162. The Hall–Kier alpha value is -0.700. The lowest BCUT2D eigenvalue weighted by atomic mass is 9.42. The number of aliphatic hydroxyl groups is 1. The van der Waals surface area contributed by atoms with Crippen molar-refractivity contribution in [1.82, 2.24) is 0 Å². The van der Waals surface area contributed by atoms with Crippen molar-refractivity contribution in [2.24, 2.45) is 45.3 Å². The summed E-state index contributed by atoms with van der Waals surface area (Å²) in [6.45, 7) is 18.3. The molecule has 34 heavy (non-hydrogen) atoms. The van der Waals surface area contributed by atoms with Gasteiger partial charge in [0.05, 0.1) is 6.10 Å². The number of hydrogen-bond acceptors (Lipinski definition) is 1. The van der Waals surface area contributed by atoms with E-state index in [1.807, 2.05) is 0 Å². The topological polar surface area (TPSA) is 20.2 Å². The Labute approximate surface area is 207 Å². The maximum atomic E-state index is 14.1. The predicted octanol–water partition coefficient (Wildman–Crippen LogP) is 8.97. The Morgan fingerprint density at radius 3 is 2.32 bits per heavy atom. The van der Waals surface area contributed by atoms with E-state index in [0.29, 0.717) is 17.8 Å². The van der Waals surface area contributed by atoms with Crippen molar-refractivity contribution < 1.29 is 13.9 Å². The Kier molecular flexibility index (Phi) is 6.75. The highest BCUT2D eigenvalue weighted by Gasteiger charge is 2.64. The van der Waals surface area contributed by atoms with Gasteiger partial charge < -0.3 is 5.11 Å². The Morgan fingerprint density at radius 2 is 1.71 bits per heavy atom. The summed E-state index contributed by atoms with van der Waals surface area (Å²) in [6, 6.07) is 0. The van der Waals surface area contributed by atoms with E-state index in [1.165, 1.54) is 43.3 Å². The van der Waals surface area contributed by atoms with Gasteiger partial charge in [0, 0.05) is 5.92 Å². The number of allylic oxidation sites excluding steroid dienone is 4. The predicted molar refractivity (Wildman–Crippen MR) is 138 cm³/mol. The molecular weight excluding hydrogens is 426 g/mol. The summed E-state index contributed by atoms with van der Waals surface area (Å²) < 4.78 is 28.3. The number of halogens is 2. The quantitative estimate of drug-likeness (QED) is 0.393. The van der Waals surface area contributed by atoms with Crippen LogP contribution in [0.1, 0.15) is 113 Å². The van der Waals surface area contributed by atoms with Crippen molar-refractivity contribution >= 4 is 0 Å². The van der Waals surface area contributed by atoms with E-state index in [-0.39, 0.29) is 16.7 Å². The fourth-order valence-corrected chi connectivity index (χ4v) is 9.95. The van der Waals surface area contributed by atoms with Crippen LogP contribution in [-0.2, 0) is 0 Å². The lowest BCUT2D eigenvalue weighted by Crippen LogP contribution is -2.59. The SMILES string of the molecule is CC(C)=CCC[C@@H](C)[C@H]1CC[C@@]2(C)C3=C(CC[C@]12C)[C@@]1(C)CC(C(F)F)C(O)C(C)(C)C1CC3. The molecule has 4 aliphatic rings. The summed E-state index contributed by atoms with van der Waals surface area (Å²) in [5, 5.41) is 11.0. The van der Waals surface area contributed by atoms with Crippen molar-refractivity contribution in [2.45, 2.75) is 126 Å². The van der Waals surface area contributed by atoms with Crippen LogP contribution in [-0.4, -0.2) is 17.6 Å². The van der Waals surface area contributed by atoms with E-state index in [0.717, 1.165) is 25.2 Å². The molecule has 2 fully saturated rings. The summed E-state index contributed by atoms with van der Waals surface area (Å²) in [5.41, 5.74) is 4.36. The molecule has 3 unspecified atom stereocenters. The van der Waals surface area contributed by atoms with Gasteiger partial charge >= 0.3 is 0 Å². The number of aliphatic hydroxyl groups excluding tert-OH is 1. The van der Waals surface area contributed by atoms with E-state index in [9.17, 15) is 13.9 Å². The van der Waals surface area contributed by atoms with Gasteiger partial charge in [0.25, 0.3) is 0 Å². The summed E-state index contributed by atoms with van der Waals surface area (Å²) in [7, 11) is 0. The normalized spacial score (nSPS) is 44.4. The van der Waals surface area contributed by atoms with Gasteiger partial charge in [0.2, 0.25) is 6.43 Å². The average molecular weight is 477 g/mol. The van der Waals surface area contributed by atoms with Crippen LogP contribution in [0.25, 0.3) is 0 Å². The Balaban J connectivity index is 1.69. The van der Waals surface area contributed by atoms with Crippen LogP contribution in [0.4, 0.5) is 8.78 Å². The molecule has 0 saturated heterocycles. The third-order valence-electron chi connectivity index (χ3n) is 12.0. The second kappa shape index (κ2) is 8.70. The monoisotopic (exact) mass is 476 g/mol. The summed E-state index contributed by atoms with van der Waals surface area (Å²) >= 11 is 0. The summed E-state index contributed by atoms with van der Waals surface area (Å²) in [6.07, 6.45) is 8.78. The highest BCUT2D eigenvalue weighted by molar-refractivity contribution is 5.39. The van der Waals surface area contributed by atoms with Gasteiger partial charge in [-0.2, -0.15) is 0 Å². The zero-order valence-electron chi connectivity index (χ0n) is 23.1. The van der Waals surface area contributed by atoms with Gasteiger partial charge in [-0.1, -0.05) is 64.3 Å². The molecule has 0 bridgehead atoms. The first-order valence-corrected chi connectivity index (χ1v) is 14.0. The van der Waals surface area contributed by atoms with E-state index in [1.54, 1.807) is 5.57 Å². The first kappa shape index (κ1) is 26.4. The molecule has 0 aliphatic heterocycles. The van der Waals surface area contributed by atoms with Crippen LogP contribution in [0.5, 0.6) is 0 Å². The first-order valence-electron chi connectivity index (χ1n) is 14.0. The number of rotatable bonds is 5. The molecule has 4 rings (SSSR count). The smallest absolute Gasteiger partial charge is 0.243 e. The number of hydrogen-bond donors (Lipinski definition) is 1. The molecule has 0 spiro atoms. The van der Waals surface area contributed by atoms with Crippen molar-refractivity contribution in [3.05, 3.63) is 22.8 Å². The fraction of sp³-hybridized carbons (Fsp3) is 0.871. The standard InChI is InChI=1S/C31H50F2O/c1-19(2)10-9-11-20(3)22-14-16-31(8)24-12-13-25-28(4,5)26(34)21(27(32)33)18-29(25,6)23(24)15-17-30(22,31)7/h10,20-22,25-27,34H,9,11-18H2,1-8H3/t20-,21?,22-,25?,26?,29-,30-,31+/m1/s1. The van der Waals surface area contributed by atoms with Crippen LogP contribution in [0, 0.1) is 45.3 Å². The zero-order chi connectivity index (χ0) is 25.3. The van der Waals surface area contributed by atoms with Crippen molar-refractivity contribution in [3.8, 4) is 0 Å². The largest absolute Gasteiger partial charge is 0.392 e. The zero-order valence-corrected chi connectivity index (χ0v) is 23.1. The van der Waals surface area contributed by atoms with Crippen LogP contribution in [0.3, 0.4) is 0 Å². The van der Waals surface area contributed by atoms with E-state index in [2.05, 4.69) is 61.5 Å².